The average molecular weight is 243 g/mol. The van der Waals surface area contributed by atoms with Crippen LogP contribution in [-0.4, -0.2) is 10.3 Å². The van der Waals surface area contributed by atoms with Crippen LogP contribution in [0, 0.1) is 0 Å². The SMILES string of the molecule is OCc1cc(-c2cccc(C(F)(F)F)c2)no1. The fourth-order valence-electron chi connectivity index (χ4n) is 1.38. The molecule has 0 amide bonds. The van der Waals surface area contributed by atoms with Gasteiger partial charge in [0.2, 0.25) is 0 Å². The van der Waals surface area contributed by atoms with Crippen LogP contribution >= 0.6 is 0 Å². The summed E-state index contributed by atoms with van der Waals surface area (Å²) >= 11 is 0. The van der Waals surface area contributed by atoms with Crippen LogP contribution in [-0.2, 0) is 12.8 Å². The van der Waals surface area contributed by atoms with Crippen molar-refractivity contribution in [1.29, 1.82) is 0 Å². The van der Waals surface area contributed by atoms with Gasteiger partial charge in [0.05, 0.1) is 5.56 Å². The van der Waals surface area contributed by atoms with E-state index in [0.29, 0.717) is 5.56 Å². The van der Waals surface area contributed by atoms with Gasteiger partial charge in [0.15, 0.2) is 5.76 Å². The van der Waals surface area contributed by atoms with Crippen molar-refractivity contribution < 1.29 is 22.8 Å². The van der Waals surface area contributed by atoms with Crippen molar-refractivity contribution in [2.24, 2.45) is 0 Å². The van der Waals surface area contributed by atoms with Crippen LogP contribution in [0.5, 0.6) is 0 Å². The van der Waals surface area contributed by atoms with Gasteiger partial charge in [-0.15, -0.1) is 0 Å². The van der Waals surface area contributed by atoms with Crippen LogP contribution in [0.15, 0.2) is 34.9 Å². The first-order valence-corrected chi connectivity index (χ1v) is 4.75. The molecule has 0 bridgehead atoms. The van der Waals surface area contributed by atoms with Gasteiger partial charge < -0.3 is 9.63 Å². The summed E-state index contributed by atoms with van der Waals surface area (Å²) in [6.07, 6.45) is -4.39. The lowest BCUT2D eigenvalue weighted by Gasteiger charge is -2.06. The van der Waals surface area contributed by atoms with Crippen LogP contribution in [0.3, 0.4) is 0 Å². The van der Waals surface area contributed by atoms with E-state index in [9.17, 15) is 13.2 Å². The number of hydrogen-bond donors (Lipinski definition) is 1. The van der Waals surface area contributed by atoms with Crippen molar-refractivity contribution in [2.45, 2.75) is 12.8 Å². The summed E-state index contributed by atoms with van der Waals surface area (Å²) in [7, 11) is 0. The molecule has 2 rings (SSSR count). The highest BCUT2D eigenvalue weighted by molar-refractivity contribution is 5.60. The van der Waals surface area contributed by atoms with Crippen LogP contribution in [0.4, 0.5) is 13.2 Å². The fraction of sp³-hybridized carbons (Fsp3) is 0.182. The highest BCUT2D eigenvalue weighted by Gasteiger charge is 2.30. The fourth-order valence-corrected chi connectivity index (χ4v) is 1.38. The topological polar surface area (TPSA) is 46.3 Å². The lowest BCUT2D eigenvalue weighted by Crippen LogP contribution is -2.04. The van der Waals surface area contributed by atoms with Crippen LogP contribution in [0.2, 0.25) is 0 Å². The molecule has 1 aromatic heterocycles. The van der Waals surface area contributed by atoms with E-state index >= 15 is 0 Å². The normalized spacial score (nSPS) is 11.8. The summed E-state index contributed by atoms with van der Waals surface area (Å²) < 4.78 is 42.1. The van der Waals surface area contributed by atoms with Crippen LogP contribution in [0.1, 0.15) is 11.3 Å². The Morgan fingerprint density at radius 1 is 1.24 bits per heavy atom. The molecule has 0 aliphatic carbocycles. The summed E-state index contributed by atoms with van der Waals surface area (Å²) in [5.74, 6) is 0.206. The van der Waals surface area contributed by atoms with Crippen LogP contribution in [0.25, 0.3) is 11.3 Å². The number of alkyl halides is 3. The Balaban J connectivity index is 2.39. The zero-order valence-electron chi connectivity index (χ0n) is 8.53. The Bertz CT molecular complexity index is 519. The minimum absolute atomic E-state index is 0.206. The molecule has 17 heavy (non-hydrogen) atoms. The number of rotatable bonds is 2. The first-order valence-electron chi connectivity index (χ1n) is 4.75. The summed E-state index contributed by atoms with van der Waals surface area (Å²) in [5.41, 5.74) is -0.188. The van der Waals surface area contributed by atoms with Crippen molar-refractivity contribution in [3.8, 4) is 11.3 Å². The molecule has 0 aliphatic heterocycles. The number of hydrogen-bond acceptors (Lipinski definition) is 3. The smallest absolute Gasteiger partial charge is 0.388 e. The van der Waals surface area contributed by atoms with Gasteiger partial charge in [0, 0.05) is 11.6 Å². The molecule has 0 saturated heterocycles. The van der Waals surface area contributed by atoms with Crippen molar-refractivity contribution >= 4 is 0 Å². The van der Waals surface area contributed by atoms with E-state index in [1.807, 2.05) is 0 Å². The molecule has 1 aromatic carbocycles. The first-order chi connectivity index (χ1) is 8.00. The van der Waals surface area contributed by atoms with Gasteiger partial charge in [-0.1, -0.05) is 17.3 Å². The monoisotopic (exact) mass is 243 g/mol. The second-order valence-corrected chi connectivity index (χ2v) is 3.42. The Morgan fingerprint density at radius 2 is 2.00 bits per heavy atom. The lowest BCUT2D eigenvalue weighted by atomic mass is 10.1. The Labute approximate surface area is 94.5 Å². The Kier molecular flexibility index (Phi) is 2.89. The van der Waals surface area contributed by atoms with Crippen LogP contribution < -0.4 is 0 Å². The molecule has 0 radical (unpaired) electrons. The molecule has 0 saturated carbocycles. The number of nitrogens with zero attached hydrogens (tertiary/aromatic N) is 1. The van der Waals surface area contributed by atoms with Crippen molar-refractivity contribution in [3.63, 3.8) is 0 Å². The van der Waals surface area contributed by atoms with Gasteiger partial charge in [0.1, 0.15) is 12.3 Å². The van der Waals surface area contributed by atoms with E-state index in [-0.39, 0.29) is 18.1 Å². The predicted octanol–water partition coefficient (Wildman–Crippen LogP) is 2.85. The quantitative estimate of drug-likeness (QED) is 0.882. The van der Waals surface area contributed by atoms with E-state index in [4.69, 9.17) is 9.63 Å². The minimum atomic E-state index is -4.39. The van der Waals surface area contributed by atoms with Gasteiger partial charge in [0.25, 0.3) is 0 Å². The van der Waals surface area contributed by atoms with E-state index in [0.717, 1.165) is 12.1 Å². The molecule has 3 nitrogen and oxygen atoms in total. The summed E-state index contributed by atoms with van der Waals surface area (Å²) in [5, 5.41) is 12.3. The zero-order valence-corrected chi connectivity index (χ0v) is 8.53. The maximum absolute atomic E-state index is 12.5. The van der Waals surface area contributed by atoms with Crippen molar-refractivity contribution in [3.05, 3.63) is 41.7 Å². The molecule has 6 heteroatoms. The van der Waals surface area contributed by atoms with E-state index in [1.54, 1.807) is 0 Å². The largest absolute Gasteiger partial charge is 0.416 e. The van der Waals surface area contributed by atoms with Crippen molar-refractivity contribution in [2.75, 3.05) is 0 Å². The molecular formula is C11H8F3NO2. The molecule has 90 valence electrons. The summed E-state index contributed by atoms with van der Waals surface area (Å²) in [6.45, 7) is -0.341. The van der Waals surface area contributed by atoms with Gasteiger partial charge in [-0.05, 0) is 12.1 Å². The summed E-state index contributed by atoms with van der Waals surface area (Å²) in [4.78, 5) is 0. The number of aromatic nitrogens is 1. The minimum Gasteiger partial charge on any atom is -0.388 e. The third kappa shape index (κ3) is 2.47. The van der Waals surface area contributed by atoms with Gasteiger partial charge in [-0.3, -0.25) is 0 Å². The number of aliphatic hydroxyl groups is 1. The molecular weight excluding hydrogens is 235 g/mol. The number of aliphatic hydroxyl groups excluding tert-OH is 1. The number of halogens is 3. The molecule has 0 unspecified atom stereocenters. The maximum atomic E-state index is 12.5. The molecule has 1 heterocycles. The second-order valence-electron chi connectivity index (χ2n) is 3.42. The van der Waals surface area contributed by atoms with Gasteiger partial charge in [-0.25, -0.2) is 0 Å². The second kappa shape index (κ2) is 4.21. The third-order valence-corrected chi connectivity index (χ3v) is 2.20. The van der Waals surface area contributed by atoms with Gasteiger partial charge >= 0.3 is 6.18 Å². The van der Waals surface area contributed by atoms with Crippen molar-refractivity contribution in [1.82, 2.24) is 5.16 Å². The van der Waals surface area contributed by atoms with E-state index in [1.165, 1.54) is 18.2 Å². The molecule has 0 atom stereocenters. The lowest BCUT2D eigenvalue weighted by molar-refractivity contribution is -0.137. The van der Waals surface area contributed by atoms with E-state index in [2.05, 4.69) is 5.16 Å². The zero-order chi connectivity index (χ0) is 12.5. The average Bonchev–Trinajstić information content (AvgIpc) is 2.76. The highest BCUT2D eigenvalue weighted by atomic mass is 19.4. The standard InChI is InChI=1S/C11H8F3NO2/c12-11(13,14)8-3-1-2-7(4-8)10-5-9(6-16)17-15-10/h1-5,16H,6H2. The van der Waals surface area contributed by atoms with E-state index < -0.39 is 11.7 Å². The molecule has 0 spiro atoms. The molecule has 2 aromatic rings. The molecule has 1 N–H and O–H groups in total. The number of benzene rings is 1. The maximum Gasteiger partial charge on any atom is 0.416 e. The molecule has 0 aliphatic rings. The van der Waals surface area contributed by atoms with Gasteiger partial charge in [-0.2, -0.15) is 13.2 Å². The first kappa shape index (κ1) is 11.7. The third-order valence-electron chi connectivity index (χ3n) is 2.20. The summed E-state index contributed by atoms with van der Waals surface area (Å²) in [6, 6.07) is 6.16. The Hall–Kier alpha value is -1.82. The highest BCUT2D eigenvalue weighted by Crippen LogP contribution is 2.31. The Morgan fingerprint density at radius 3 is 2.59 bits per heavy atom. The predicted molar refractivity (Wildman–Crippen MR) is 52.9 cm³/mol. The molecule has 0 fully saturated rings.